The SMILES string of the molecule is O=C(NC1CCN(c2cc(-c3ccc(Cl)cc3)[nH]n2)CC1)c1cccc2[nH]ccc12. The highest BCUT2D eigenvalue weighted by Gasteiger charge is 2.23. The van der Waals surface area contributed by atoms with E-state index in [0.717, 1.165) is 64.5 Å². The molecule has 0 unspecified atom stereocenters. The van der Waals surface area contributed by atoms with Crippen LogP contribution in [0.3, 0.4) is 0 Å². The van der Waals surface area contributed by atoms with Crippen molar-refractivity contribution >= 4 is 34.2 Å². The summed E-state index contributed by atoms with van der Waals surface area (Å²) >= 11 is 5.97. The number of hydrogen-bond acceptors (Lipinski definition) is 3. The summed E-state index contributed by atoms with van der Waals surface area (Å²) < 4.78 is 0. The monoisotopic (exact) mass is 419 g/mol. The van der Waals surface area contributed by atoms with Crippen LogP contribution in [0.2, 0.25) is 5.02 Å². The number of carbonyl (C=O) groups is 1. The largest absolute Gasteiger partial charge is 0.361 e. The van der Waals surface area contributed by atoms with Gasteiger partial charge in [-0.1, -0.05) is 29.8 Å². The van der Waals surface area contributed by atoms with E-state index in [1.165, 1.54) is 0 Å². The smallest absolute Gasteiger partial charge is 0.252 e. The highest BCUT2D eigenvalue weighted by molar-refractivity contribution is 6.30. The molecule has 1 aliphatic heterocycles. The minimum Gasteiger partial charge on any atom is -0.361 e. The first-order valence-electron chi connectivity index (χ1n) is 10.1. The topological polar surface area (TPSA) is 76.8 Å². The van der Waals surface area contributed by atoms with Crippen LogP contribution in [0.5, 0.6) is 0 Å². The summed E-state index contributed by atoms with van der Waals surface area (Å²) in [4.78, 5) is 18.2. The fourth-order valence-corrected chi connectivity index (χ4v) is 4.18. The zero-order chi connectivity index (χ0) is 20.5. The van der Waals surface area contributed by atoms with Crippen molar-refractivity contribution in [1.82, 2.24) is 20.5 Å². The molecule has 3 N–H and O–H groups in total. The molecule has 3 heterocycles. The molecule has 7 heteroatoms. The number of nitrogens with one attached hydrogen (secondary N) is 3. The van der Waals surface area contributed by atoms with Crippen LogP contribution >= 0.6 is 11.6 Å². The van der Waals surface area contributed by atoms with Gasteiger partial charge in [-0.15, -0.1) is 0 Å². The van der Waals surface area contributed by atoms with Gasteiger partial charge in [-0.05, 0) is 48.7 Å². The van der Waals surface area contributed by atoms with E-state index in [0.29, 0.717) is 0 Å². The summed E-state index contributed by atoms with van der Waals surface area (Å²) in [6.07, 6.45) is 3.64. The van der Waals surface area contributed by atoms with Gasteiger partial charge in [-0.25, -0.2) is 0 Å². The van der Waals surface area contributed by atoms with Crippen molar-refractivity contribution in [2.45, 2.75) is 18.9 Å². The molecule has 0 aliphatic carbocycles. The molecule has 2 aromatic heterocycles. The summed E-state index contributed by atoms with van der Waals surface area (Å²) in [6, 6.07) is 17.6. The number of amides is 1. The molecule has 30 heavy (non-hydrogen) atoms. The minimum absolute atomic E-state index is 0.0107. The highest BCUT2D eigenvalue weighted by atomic mass is 35.5. The maximum Gasteiger partial charge on any atom is 0.252 e. The van der Waals surface area contributed by atoms with Gasteiger partial charge in [0.1, 0.15) is 0 Å². The third kappa shape index (κ3) is 3.66. The van der Waals surface area contributed by atoms with Crippen molar-refractivity contribution in [3.8, 4) is 11.3 Å². The maximum absolute atomic E-state index is 12.8. The van der Waals surface area contributed by atoms with Crippen LogP contribution < -0.4 is 10.2 Å². The Labute approximate surface area is 179 Å². The van der Waals surface area contributed by atoms with Gasteiger partial charge in [0.15, 0.2) is 5.82 Å². The van der Waals surface area contributed by atoms with Crippen molar-refractivity contribution in [3.05, 3.63) is 71.4 Å². The van der Waals surface area contributed by atoms with Crippen molar-refractivity contribution in [1.29, 1.82) is 0 Å². The van der Waals surface area contributed by atoms with Crippen LogP contribution in [0.15, 0.2) is 60.8 Å². The van der Waals surface area contributed by atoms with Crippen molar-refractivity contribution in [2.24, 2.45) is 0 Å². The van der Waals surface area contributed by atoms with Crippen LogP contribution in [-0.4, -0.2) is 40.2 Å². The van der Waals surface area contributed by atoms with Gasteiger partial charge in [0.05, 0.1) is 5.69 Å². The molecule has 0 radical (unpaired) electrons. The normalized spacial score (nSPS) is 14.9. The van der Waals surface area contributed by atoms with E-state index in [1.807, 2.05) is 54.7 Å². The predicted octanol–water partition coefficient (Wildman–Crippen LogP) is 4.61. The number of halogens is 1. The number of benzene rings is 2. The highest BCUT2D eigenvalue weighted by Crippen LogP contribution is 2.25. The molecule has 152 valence electrons. The molecule has 0 atom stereocenters. The number of rotatable bonds is 4. The number of fused-ring (bicyclic) bond motifs is 1. The van der Waals surface area contributed by atoms with Gasteiger partial charge < -0.3 is 15.2 Å². The fourth-order valence-electron chi connectivity index (χ4n) is 4.05. The van der Waals surface area contributed by atoms with E-state index in [1.54, 1.807) is 0 Å². The molecule has 0 bridgehead atoms. The van der Waals surface area contributed by atoms with E-state index in [4.69, 9.17) is 11.6 Å². The molecular weight excluding hydrogens is 398 g/mol. The zero-order valence-electron chi connectivity index (χ0n) is 16.4. The number of nitrogens with zero attached hydrogens (tertiary/aromatic N) is 2. The Balaban J connectivity index is 1.21. The van der Waals surface area contributed by atoms with Crippen molar-refractivity contribution in [2.75, 3.05) is 18.0 Å². The Kier molecular flexibility index (Phi) is 4.93. The molecular formula is C23H22ClN5O. The summed E-state index contributed by atoms with van der Waals surface area (Å²) in [7, 11) is 0. The lowest BCUT2D eigenvalue weighted by Gasteiger charge is -2.32. The first kappa shape index (κ1) is 18.8. The summed E-state index contributed by atoms with van der Waals surface area (Å²) in [5.74, 6) is 0.922. The lowest BCUT2D eigenvalue weighted by Crippen LogP contribution is -2.44. The molecule has 1 aliphatic rings. The Morgan fingerprint density at radius 3 is 2.70 bits per heavy atom. The van der Waals surface area contributed by atoms with E-state index in [2.05, 4.69) is 31.5 Å². The Morgan fingerprint density at radius 1 is 1.10 bits per heavy atom. The molecule has 0 spiro atoms. The summed E-state index contributed by atoms with van der Waals surface area (Å²) in [5.41, 5.74) is 3.72. The Hall–Kier alpha value is -3.25. The van der Waals surface area contributed by atoms with E-state index < -0.39 is 0 Å². The molecule has 6 nitrogen and oxygen atoms in total. The van der Waals surface area contributed by atoms with Gasteiger partial charge in [-0.3, -0.25) is 9.89 Å². The lowest BCUT2D eigenvalue weighted by atomic mass is 10.0. The van der Waals surface area contributed by atoms with Crippen LogP contribution in [0.1, 0.15) is 23.2 Å². The summed E-state index contributed by atoms with van der Waals surface area (Å²) in [6.45, 7) is 1.70. The number of aromatic amines is 2. The van der Waals surface area contributed by atoms with E-state index in [-0.39, 0.29) is 11.9 Å². The second-order valence-corrected chi connectivity index (χ2v) is 8.06. The lowest BCUT2D eigenvalue weighted by molar-refractivity contribution is 0.0933. The first-order chi connectivity index (χ1) is 14.7. The second-order valence-electron chi connectivity index (χ2n) is 7.63. The molecule has 4 aromatic rings. The van der Waals surface area contributed by atoms with Crippen LogP contribution in [0.4, 0.5) is 5.82 Å². The number of H-pyrrole nitrogens is 2. The third-order valence-corrected chi connectivity index (χ3v) is 5.97. The minimum atomic E-state index is -0.0107. The number of aromatic nitrogens is 3. The van der Waals surface area contributed by atoms with Crippen molar-refractivity contribution < 1.29 is 4.79 Å². The zero-order valence-corrected chi connectivity index (χ0v) is 17.1. The van der Waals surface area contributed by atoms with Crippen LogP contribution in [-0.2, 0) is 0 Å². The molecule has 1 saturated heterocycles. The molecule has 2 aromatic carbocycles. The van der Waals surface area contributed by atoms with Crippen molar-refractivity contribution in [3.63, 3.8) is 0 Å². The quantitative estimate of drug-likeness (QED) is 0.452. The van der Waals surface area contributed by atoms with E-state index in [9.17, 15) is 4.79 Å². The second kappa shape index (κ2) is 7.88. The van der Waals surface area contributed by atoms with Gasteiger partial charge in [0.25, 0.3) is 5.91 Å². The first-order valence-corrected chi connectivity index (χ1v) is 10.5. The van der Waals surface area contributed by atoms with Crippen LogP contribution in [0.25, 0.3) is 22.2 Å². The van der Waals surface area contributed by atoms with Gasteiger partial charge in [-0.2, -0.15) is 5.10 Å². The predicted molar refractivity (Wildman–Crippen MR) is 120 cm³/mol. The van der Waals surface area contributed by atoms with Gasteiger partial charge >= 0.3 is 0 Å². The Morgan fingerprint density at radius 2 is 1.90 bits per heavy atom. The fraction of sp³-hybridized carbons (Fsp3) is 0.217. The number of piperidine rings is 1. The standard InChI is InChI=1S/C23H22ClN5O/c24-16-6-4-15(5-7-16)21-14-22(28-27-21)29-12-9-17(10-13-29)26-23(30)19-2-1-3-20-18(19)8-11-25-20/h1-8,11,14,17,25H,9-10,12-13H2,(H,26,30)(H,27,28). The molecule has 1 amide bonds. The molecule has 5 rings (SSSR count). The average molecular weight is 420 g/mol. The maximum atomic E-state index is 12.8. The van der Waals surface area contributed by atoms with Gasteiger partial charge in [0.2, 0.25) is 0 Å². The number of carbonyl (C=O) groups excluding carboxylic acids is 1. The third-order valence-electron chi connectivity index (χ3n) is 5.71. The average Bonchev–Trinajstić information content (AvgIpc) is 3.44. The van der Waals surface area contributed by atoms with E-state index >= 15 is 0 Å². The number of anilines is 1. The molecule has 0 saturated carbocycles. The molecule has 1 fully saturated rings. The number of hydrogen-bond donors (Lipinski definition) is 3. The summed E-state index contributed by atoms with van der Waals surface area (Å²) in [5, 5.41) is 12.5. The van der Waals surface area contributed by atoms with Crippen LogP contribution in [0, 0.1) is 0 Å². The Bertz CT molecular complexity index is 1170. The van der Waals surface area contributed by atoms with Gasteiger partial charge in [0, 0.05) is 52.9 Å².